The van der Waals surface area contributed by atoms with Crippen LogP contribution in [0, 0.1) is 5.41 Å². The maximum absolute atomic E-state index is 11.6. The largest absolute Gasteiger partial charge is 0.326 e. The summed E-state index contributed by atoms with van der Waals surface area (Å²) < 4.78 is 11.3. The fraction of sp³-hybridized carbons (Fsp3) is 1.00. The Bertz CT molecular complexity index is 198. The minimum Gasteiger partial charge on any atom is -0.326 e. The molecule has 0 saturated carbocycles. The van der Waals surface area contributed by atoms with E-state index in [1.165, 1.54) is 0 Å². The van der Waals surface area contributed by atoms with Crippen LogP contribution in [-0.4, -0.2) is 20.8 Å². The van der Waals surface area contributed by atoms with E-state index in [9.17, 15) is 4.21 Å². The molecule has 0 aliphatic carbocycles. The first kappa shape index (κ1) is 9.20. The molecule has 1 heterocycles. The lowest BCUT2D eigenvalue weighted by Crippen LogP contribution is -2.46. The lowest BCUT2D eigenvalue weighted by atomic mass is 9.81. The molecule has 0 bridgehead atoms. The molecule has 2 nitrogen and oxygen atoms in total. The third-order valence-corrected chi connectivity index (χ3v) is 5.11. The van der Waals surface area contributed by atoms with Crippen molar-refractivity contribution in [2.75, 3.05) is 5.75 Å². The van der Waals surface area contributed by atoms with Crippen LogP contribution in [0.4, 0.5) is 0 Å². The lowest BCUT2D eigenvalue weighted by molar-refractivity contribution is 0.310. The quantitative estimate of drug-likeness (QED) is 0.594. The van der Waals surface area contributed by atoms with Gasteiger partial charge in [-0.1, -0.05) is 13.8 Å². The maximum Gasteiger partial charge on any atom is 0.0559 e. The second-order valence-electron chi connectivity index (χ2n) is 4.56. The van der Waals surface area contributed by atoms with Gasteiger partial charge >= 0.3 is 0 Å². The first-order valence-electron chi connectivity index (χ1n) is 3.92. The Labute approximate surface area is 71.0 Å². The van der Waals surface area contributed by atoms with Crippen LogP contribution in [0.25, 0.3) is 0 Å². The van der Waals surface area contributed by atoms with Gasteiger partial charge in [0.15, 0.2) is 0 Å². The normalized spacial score (nSPS) is 40.8. The average molecular weight is 175 g/mol. The summed E-state index contributed by atoms with van der Waals surface area (Å²) in [6.45, 7) is 8.15. The van der Waals surface area contributed by atoms with E-state index in [0.717, 1.165) is 5.75 Å². The van der Waals surface area contributed by atoms with Gasteiger partial charge in [0.25, 0.3) is 0 Å². The smallest absolute Gasteiger partial charge is 0.0559 e. The lowest BCUT2D eigenvalue weighted by Gasteiger charge is -2.29. The second kappa shape index (κ2) is 2.30. The zero-order chi connectivity index (χ0) is 8.86. The van der Waals surface area contributed by atoms with Crippen molar-refractivity contribution in [3.63, 3.8) is 0 Å². The van der Waals surface area contributed by atoms with Crippen molar-refractivity contribution in [2.45, 2.75) is 38.5 Å². The predicted molar refractivity (Wildman–Crippen MR) is 48.8 cm³/mol. The first-order valence-corrected chi connectivity index (χ1v) is 5.24. The van der Waals surface area contributed by atoms with Crippen LogP contribution in [0.5, 0.6) is 0 Å². The van der Waals surface area contributed by atoms with E-state index in [1.807, 2.05) is 13.8 Å². The van der Waals surface area contributed by atoms with Crippen molar-refractivity contribution < 1.29 is 4.21 Å². The van der Waals surface area contributed by atoms with Crippen molar-refractivity contribution in [1.29, 1.82) is 0 Å². The molecule has 66 valence electrons. The highest BCUT2D eigenvalue weighted by molar-refractivity contribution is 7.86. The van der Waals surface area contributed by atoms with Gasteiger partial charge in [0.2, 0.25) is 0 Å². The van der Waals surface area contributed by atoms with Crippen molar-refractivity contribution in [3.05, 3.63) is 0 Å². The molecule has 0 radical (unpaired) electrons. The van der Waals surface area contributed by atoms with Gasteiger partial charge in [0, 0.05) is 22.6 Å². The summed E-state index contributed by atoms with van der Waals surface area (Å²) in [6.07, 6.45) is 0. The zero-order valence-electron chi connectivity index (χ0n) is 7.68. The number of hydrogen-bond acceptors (Lipinski definition) is 2. The molecular weight excluding hydrogens is 158 g/mol. The molecule has 11 heavy (non-hydrogen) atoms. The van der Waals surface area contributed by atoms with E-state index < -0.39 is 10.8 Å². The molecule has 3 heteroatoms. The van der Waals surface area contributed by atoms with E-state index in [0.29, 0.717) is 0 Å². The highest BCUT2D eigenvalue weighted by Gasteiger charge is 2.50. The molecule has 2 N–H and O–H groups in total. The van der Waals surface area contributed by atoms with E-state index in [2.05, 4.69) is 13.8 Å². The molecule has 1 rings (SSSR count). The van der Waals surface area contributed by atoms with Gasteiger partial charge < -0.3 is 5.73 Å². The Morgan fingerprint density at radius 2 is 1.82 bits per heavy atom. The highest BCUT2D eigenvalue weighted by Crippen LogP contribution is 2.39. The molecule has 0 aromatic heterocycles. The summed E-state index contributed by atoms with van der Waals surface area (Å²) in [4.78, 5) is 0. The first-order chi connectivity index (χ1) is 4.78. The minimum atomic E-state index is -0.758. The highest BCUT2D eigenvalue weighted by atomic mass is 32.2. The fourth-order valence-corrected chi connectivity index (χ4v) is 3.53. The minimum absolute atomic E-state index is 0.0361. The van der Waals surface area contributed by atoms with Gasteiger partial charge in [0.05, 0.1) is 4.75 Å². The topological polar surface area (TPSA) is 43.1 Å². The Balaban J connectivity index is 2.98. The third-order valence-electron chi connectivity index (χ3n) is 2.68. The van der Waals surface area contributed by atoms with Crippen LogP contribution >= 0.6 is 0 Å². The van der Waals surface area contributed by atoms with Crippen molar-refractivity contribution in [3.8, 4) is 0 Å². The van der Waals surface area contributed by atoms with Crippen LogP contribution in [-0.2, 0) is 10.8 Å². The van der Waals surface area contributed by atoms with E-state index >= 15 is 0 Å². The molecule has 1 aliphatic rings. The van der Waals surface area contributed by atoms with Crippen molar-refractivity contribution in [1.82, 2.24) is 0 Å². The van der Waals surface area contributed by atoms with Crippen LogP contribution in [0.15, 0.2) is 0 Å². The molecular formula is C8H17NOS. The summed E-state index contributed by atoms with van der Waals surface area (Å²) in [7, 11) is -0.758. The predicted octanol–water partition coefficient (Wildman–Crippen LogP) is 0.881. The van der Waals surface area contributed by atoms with Gasteiger partial charge in [-0.05, 0) is 19.3 Å². The third kappa shape index (κ3) is 1.25. The van der Waals surface area contributed by atoms with E-state index in [4.69, 9.17) is 5.73 Å². The Morgan fingerprint density at radius 3 is 1.91 bits per heavy atom. The SMILES string of the molecule is CC1(C)CS(=O)C(C)(C)C1N. The molecule has 0 aromatic rings. The summed E-state index contributed by atoms with van der Waals surface area (Å²) in [5, 5.41) is 0. The van der Waals surface area contributed by atoms with Crippen molar-refractivity contribution >= 4 is 10.8 Å². The molecule has 0 aromatic carbocycles. The summed E-state index contributed by atoms with van der Waals surface area (Å²) in [5.41, 5.74) is 6.02. The van der Waals surface area contributed by atoms with Crippen LogP contribution in [0.2, 0.25) is 0 Å². The van der Waals surface area contributed by atoms with Crippen LogP contribution < -0.4 is 5.73 Å². The number of nitrogens with two attached hydrogens (primary N) is 1. The molecule has 2 atom stereocenters. The maximum atomic E-state index is 11.6. The van der Waals surface area contributed by atoms with E-state index in [-0.39, 0.29) is 16.2 Å². The molecule has 1 aliphatic heterocycles. The van der Waals surface area contributed by atoms with E-state index in [1.54, 1.807) is 0 Å². The van der Waals surface area contributed by atoms with Crippen LogP contribution in [0.3, 0.4) is 0 Å². The Morgan fingerprint density at radius 1 is 1.36 bits per heavy atom. The average Bonchev–Trinajstić information content (AvgIpc) is 1.94. The standard InChI is InChI=1S/C8H17NOS/c1-7(2)5-11(10)8(3,4)6(7)9/h6H,5,9H2,1-4H3. The Hall–Kier alpha value is 0.110. The van der Waals surface area contributed by atoms with Crippen LogP contribution in [0.1, 0.15) is 27.7 Å². The van der Waals surface area contributed by atoms with Gasteiger partial charge in [-0.2, -0.15) is 0 Å². The molecule has 1 fully saturated rings. The van der Waals surface area contributed by atoms with Gasteiger partial charge in [-0.3, -0.25) is 4.21 Å². The van der Waals surface area contributed by atoms with Gasteiger partial charge in [-0.15, -0.1) is 0 Å². The fourth-order valence-electron chi connectivity index (χ4n) is 1.70. The second-order valence-corrected chi connectivity index (χ2v) is 6.59. The number of hydrogen-bond donors (Lipinski definition) is 1. The molecule has 0 amide bonds. The number of rotatable bonds is 0. The Kier molecular flexibility index (Phi) is 1.92. The summed E-state index contributed by atoms with van der Waals surface area (Å²) in [6, 6.07) is 0.0517. The molecule has 1 saturated heterocycles. The summed E-state index contributed by atoms with van der Waals surface area (Å²) >= 11 is 0. The van der Waals surface area contributed by atoms with Gasteiger partial charge in [0.1, 0.15) is 0 Å². The van der Waals surface area contributed by atoms with Gasteiger partial charge in [-0.25, -0.2) is 0 Å². The molecule has 0 spiro atoms. The monoisotopic (exact) mass is 175 g/mol. The molecule has 2 unspecified atom stereocenters. The zero-order valence-corrected chi connectivity index (χ0v) is 8.49. The van der Waals surface area contributed by atoms with Crippen molar-refractivity contribution in [2.24, 2.45) is 11.1 Å². The summed E-state index contributed by atoms with van der Waals surface area (Å²) in [5.74, 6) is 0.737.